The quantitative estimate of drug-likeness (QED) is 0.0867. The molecule has 0 aromatic heterocycles. The Bertz CT molecular complexity index is 1300. The molecule has 11 heteroatoms. The van der Waals surface area contributed by atoms with E-state index in [1.807, 2.05) is 0 Å². The van der Waals surface area contributed by atoms with E-state index in [1.165, 1.54) is 13.8 Å². The van der Waals surface area contributed by atoms with Crippen LogP contribution in [0.1, 0.15) is 129 Å². The third-order valence-corrected chi connectivity index (χ3v) is 9.51. The highest BCUT2D eigenvalue weighted by Gasteiger charge is 2.33. The number of phenolic OH excluding ortho intramolecular Hbond substituents is 1. The topological polar surface area (TPSA) is 132 Å². The normalized spacial score (nSPS) is 14.4. The molecule has 0 radical (unpaired) electrons. The van der Waals surface area contributed by atoms with Crippen molar-refractivity contribution in [2.75, 3.05) is 20.0 Å². The van der Waals surface area contributed by atoms with Crippen LogP contribution < -0.4 is 14.9 Å². The molecule has 0 saturated carbocycles. The summed E-state index contributed by atoms with van der Waals surface area (Å²) in [5, 5.41) is 16.3. The Kier molecular flexibility index (Phi) is 14.8. The molecule has 2 unspecified atom stereocenters. The highest BCUT2D eigenvalue weighted by Crippen LogP contribution is 2.44. The fraction of sp³-hybridized carbons (Fsp3) is 0.600. The van der Waals surface area contributed by atoms with Gasteiger partial charge in [0.2, 0.25) is 0 Å². The molecule has 0 saturated heterocycles. The molecule has 0 aliphatic heterocycles. The number of esters is 2. The van der Waals surface area contributed by atoms with Crippen molar-refractivity contribution in [1.29, 1.82) is 0 Å². The SMILES string of the molecule is CCOC(=O)C(C)NP(=O)(NC(C)C(=O)OCC)OCOc1c(C(C)C)cc(-c2cc(C(C)C)c(O)c(C(C)C)c2)cc1C(C)C. The minimum atomic E-state index is -4.04. The Hall–Kier alpha value is -2.91. The van der Waals surface area contributed by atoms with E-state index >= 15 is 0 Å². The molecule has 10 nitrogen and oxygen atoms in total. The number of phenols is 1. The lowest BCUT2D eigenvalue weighted by molar-refractivity contribution is -0.145. The van der Waals surface area contributed by atoms with Gasteiger partial charge in [-0.2, -0.15) is 0 Å². The first kappa shape index (κ1) is 39.3. The summed E-state index contributed by atoms with van der Waals surface area (Å²) >= 11 is 0. The summed E-state index contributed by atoms with van der Waals surface area (Å²) in [4.78, 5) is 24.7. The molecule has 0 spiro atoms. The highest BCUT2D eigenvalue weighted by atomic mass is 31.2. The summed E-state index contributed by atoms with van der Waals surface area (Å²) in [7, 11) is -4.04. The Morgan fingerprint density at radius 3 is 1.35 bits per heavy atom. The molecular weight excluding hydrogens is 607 g/mol. The highest BCUT2D eigenvalue weighted by molar-refractivity contribution is 7.54. The number of rotatable bonds is 17. The van der Waals surface area contributed by atoms with Gasteiger partial charge in [0.15, 0.2) is 6.79 Å². The van der Waals surface area contributed by atoms with Crippen LogP contribution in [0.2, 0.25) is 0 Å². The lowest BCUT2D eigenvalue weighted by atomic mass is 9.86. The number of ether oxygens (including phenoxy) is 3. The zero-order chi connectivity index (χ0) is 34.9. The largest absolute Gasteiger partial charge is 0.507 e. The van der Waals surface area contributed by atoms with E-state index < -0.39 is 38.5 Å². The molecule has 0 aliphatic carbocycles. The number of carbonyl (C=O) groups excluding carboxylic acids is 2. The standard InChI is InChI=1S/C35H55N2O8P/c1-13-42-34(39)24(11)36-46(41,37-25(12)35(40)43-14-2)45-19-44-33-30(22(7)8)17-27(18-31(33)23(9)10)26-15-28(20(3)4)32(38)29(16-26)21(5)6/h15-18,20-25,38H,13-14,19H2,1-12H3,(H2,36,37,41). The van der Waals surface area contributed by atoms with Crippen LogP contribution in [0.5, 0.6) is 11.5 Å². The first-order valence-electron chi connectivity index (χ1n) is 16.3. The van der Waals surface area contributed by atoms with Gasteiger partial charge in [-0.05, 0) is 109 Å². The van der Waals surface area contributed by atoms with Gasteiger partial charge in [-0.3, -0.25) is 18.7 Å². The molecule has 0 amide bonds. The Morgan fingerprint density at radius 2 is 1.02 bits per heavy atom. The van der Waals surface area contributed by atoms with Gasteiger partial charge in [0, 0.05) is 0 Å². The zero-order valence-corrected chi connectivity index (χ0v) is 30.5. The van der Waals surface area contributed by atoms with Crippen LogP contribution in [0.15, 0.2) is 24.3 Å². The number of aromatic hydroxyl groups is 1. The van der Waals surface area contributed by atoms with Crippen molar-refractivity contribution >= 4 is 19.6 Å². The summed E-state index contributed by atoms with van der Waals surface area (Å²) in [6, 6.07) is 6.30. The molecule has 3 N–H and O–H groups in total. The van der Waals surface area contributed by atoms with Crippen LogP contribution in [0.3, 0.4) is 0 Å². The maximum atomic E-state index is 14.0. The summed E-state index contributed by atoms with van der Waals surface area (Å²) < 4.78 is 36.1. The van der Waals surface area contributed by atoms with Crippen molar-refractivity contribution in [2.45, 2.75) is 119 Å². The molecule has 2 rings (SSSR count). The van der Waals surface area contributed by atoms with Gasteiger partial charge in [0.1, 0.15) is 23.6 Å². The second kappa shape index (κ2) is 17.3. The van der Waals surface area contributed by atoms with Crippen molar-refractivity contribution in [1.82, 2.24) is 10.2 Å². The predicted molar refractivity (Wildman–Crippen MR) is 183 cm³/mol. The molecule has 0 bridgehead atoms. The van der Waals surface area contributed by atoms with Gasteiger partial charge in [0.25, 0.3) is 0 Å². The number of hydrogen-bond donors (Lipinski definition) is 3. The second-order valence-corrected chi connectivity index (χ2v) is 14.6. The van der Waals surface area contributed by atoms with E-state index in [9.17, 15) is 19.3 Å². The van der Waals surface area contributed by atoms with E-state index in [1.54, 1.807) is 13.8 Å². The maximum absolute atomic E-state index is 14.0. The van der Waals surface area contributed by atoms with Crippen molar-refractivity contribution in [3.8, 4) is 22.6 Å². The van der Waals surface area contributed by atoms with E-state index in [4.69, 9.17) is 18.7 Å². The number of hydrogen-bond acceptors (Lipinski definition) is 8. The minimum Gasteiger partial charge on any atom is -0.507 e. The second-order valence-electron chi connectivity index (χ2n) is 12.8. The van der Waals surface area contributed by atoms with Gasteiger partial charge in [-0.15, -0.1) is 0 Å². The van der Waals surface area contributed by atoms with E-state index in [2.05, 4.69) is 89.8 Å². The van der Waals surface area contributed by atoms with Gasteiger partial charge in [-0.1, -0.05) is 55.4 Å². The first-order valence-corrected chi connectivity index (χ1v) is 17.9. The lowest BCUT2D eigenvalue weighted by Crippen LogP contribution is -2.42. The van der Waals surface area contributed by atoms with Crippen LogP contribution in [0.4, 0.5) is 0 Å². The zero-order valence-electron chi connectivity index (χ0n) is 29.6. The molecule has 258 valence electrons. The van der Waals surface area contributed by atoms with E-state index in [0.29, 0.717) is 11.5 Å². The molecule has 0 fully saturated rings. The smallest absolute Gasteiger partial charge is 0.345 e. The number of nitrogens with one attached hydrogen (secondary N) is 2. The number of benzene rings is 2. The Morgan fingerprint density at radius 1 is 0.674 bits per heavy atom. The Labute approximate surface area is 275 Å². The van der Waals surface area contributed by atoms with Gasteiger partial charge in [0.05, 0.1) is 13.2 Å². The van der Waals surface area contributed by atoms with Crippen LogP contribution in [0, 0.1) is 0 Å². The van der Waals surface area contributed by atoms with Gasteiger partial charge in [-0.25, -0.2) is 10.2 Å². The van der Waals surface area contributed by atoms with E-state index in [-0.39, 0.29) is 36.9 Å². The van der Waals surface area contributed by atoms with Crippen LogP contribution in [-0.4, -0.2) is 49.1 Å². The van der Waals surface area contributed by atoms with E-state index in [0.717, 1.165) is 33.4 Å². The molecule has 2 atom stereocenters. The summed E-state index contributed by atoms with van der Waals surface area (Å²) in [6.07, 6.45) is 0. The summed E-state index contributed by atoms with van der Waals surface area (Å²) in [6.45, 7) is 22.8. The lowest BCUT2D eigenvalue weighted by Gasteiger charge is -2.27. The van der Waals surface area contributed by atoms with Crippen LogP contribution in [-0.2, 0) is 28.2 Å². The van der Waals surface area contributed by atoms with Gasteiger partial charge < -0.3 is 19.3 Å². The van der Waals surface area contributed by atoms with Gasteiger partial charge >= 0.3 is 19.6 Å². The average molecular weight is 663 g/mol. The van der Waals surface area contributed by atoms with Crippen LogP contribution in [0.25, 0.3) is 11.1 Å². The third kappa shape index (κ3) is 10.3. The van der Waals surface area contributed by atoms with Crippen molar-refractivity contribution in [3.63, 3.8) is 0 Å². The average Bonchev–Trinajstić information content (AvgIpc) is 2.96. The molecule has 0 aliphatic rings. The molecule has 2 aromatic carbocycles. The fourth-order valence-corrected chi connectivity index (χ4v) is 6.67. The fourth-order valence-electron chi connectivity index (χ4n) is 5.01. The van der Waals surface area contributed by atoms with Crippen molar-refractivity contribution < 1.29 is 38.0 Å². The Balaban J connectivity index is 2.54. The molecule has 0 heterocycles. The molecular formula is C35H55N2O8P. The third-order valence-electron chi connectivity index (χ3n) is 7.58. The molecule has 2 aromatic rings. The summed E-state index contributed by atoms with van der Waals surface area (Å²) in [5.74, 6) is 0.138. The van der Waals surface area contributed by atoms with Crippen molar-refractivity contribution in [3.05, 3.63) is 46.5 Å². The van der Waals surface area contributed by atoms with Crippen LogP contribution >= 0.6 is 7.67 Å². The van der Waals surface area contributed by atoms with Crippen molar-refractivity contribution in [2.24, 2.45) is 0 Å². The monoisotopic (exact) mass is 662 g/mol. The molecule has 46 heavy (non-hydrogen) atoms. The number of carbonyl (C=O) groups is 2. The maximum Gasteiger partial charge on any atom is 0.345 e. The minimum absolute atomic E-state index is 0.0643. The predicted octanol–water partition coefficient (Wildman–Crippen LogP) is 8.10. The first-order chi connectivity index (χ1) is 21.5. The summed E-state index contributed by atoms with van der Waals surface area (Å²) in [5.41, 5.74) is 5.69.